The summed E-state index contributed by atoms with van der Waals surface area (Å²) in [5.74, 6) is -0.413. The van der Waals surface area contributed by atoms with Gasteiger partial charge in [-0.25, -0.2) is 4.79 Å². The van der Waals surface area contributed by atoms with Gasteiger partial charge in [-0.15, -0.1) is 0 Å². The SMILES string of the molecule is COc1cccc2c(C(=O)O)nn(C)c12. The van der Waals surface area contributed by atoms with E-state index >= 15 is 0 Å². The Morgan fingerprint density at radius 1 is 1.53 bits per heavy atom. The molecule has 0 bridgehead atoms. The minimum Gasteiger partial charge on any atom is -0.494 e. The molecule has 0 saturated carbocycles. The standard InChI is InChI=1S/C10H10N2O3/c1-12-9-6(8(11-12)10(13)14)4-3-5-7(9)15-2/h3-5H,1-2H3,(H,13,14). The molecule has 2 rings (SSSR count). The third kappa shape index (κ3) is 1.32. The molecule has 0 aliphatic carbocycles. The van der Waals surface area contributed by atoms with Crippen molar-refractivity contribution >= 4 is 16.9 Å². The van der Waals surface area contributed by atoms with Crippen LogP contribution in [0.5, 0.6) is 5.75 Å². The minimum absolute atomic E-state index is 0.0476. The first-order valence-corrected chi connectivity index (χ1v) is 4.38. The van der Waals surface area contributed by atoms with Gasteiger partial charge in [0.2, 0.25) is 0 Å². The van der Waals surface area contributed by atoms with Crippen LogP contribution in [0, 0.1) is 0 Å². The summed E-state index contributed by atoms with van der Waals surface area (Å²) < 4.78 is 6.66. The van der Waals surface area contributed by atoms with E-state index < -0.39 is 5.97 Å². The summed E-state index contributed by atoms with van der Waals surface area (Å²) in [6, 6.07) is 5.24. The van der Waals surface area contributed by atoms with Crippen molar-refractivity contribution in [1.82, 2.24) is 9.78 Å². The second kappa shape index (κ2) is 3.27. The predicted molar refractivity (Wildman–Crippen MR) is 54.2 cm³/mol. The third-order valence-corrected chi connectivity index (χ3v) is 2.25. The van der Waals surface area contributed by atoms with Crippen molar-refractivity contribution in [1.29, 1.82) is 0 Å². The molecule has 0 aliphatic rings. The fourth-order valence-electron chi connectivity index (χ4n) is 1.62. The Morgan fingerprint density at radius 2 is 2.27 bits per heavy atom. The highest BCUT2D eigenvalue weighted by molar-refractivity contribution is 6.02. The molecule has 0 radical (unpaired) electrons. The number of carboxylic acid groups (broad SMARTS) is 1. The number of methoxy groups -OCH3 is 1. The molecule has 78 valence electrons. The summed E-state index contributed by atoms with van der Waals surface area (Å²) in [5, 5.41) is 13.5. The van der Waals surface area contributed by atoms with Gasteiger partial charge in [-0.3, -0.25) is 4.68 Å². The number of carbonyl (C=O) groups is 1. The number of aromatic carboxylic acids is 1. The van der Waals surface area contributed by atoms with Crippen molar-refractivity contribution in [2.45, 2.75) is 0 Å². The van der Waals surface area contributed by atoms with Gasteiger partial charge in [0.25, 0.3) is 0 Å². The van der Waals surface area contributed by atoms with Crippen LogP contribution in [0.25, 0.3) is 10.9 Å². The van der Waals surface area contributed by atoms with E-state index in [1.54, 1.807) is 32.4 Å². The van der Waals surface area contributed by atoms with Crippen molar-refractivity contribution in [3.05, 3.63) is 23.9 Å². The quantitative estimate of drug-likeness (QED) is 0.803. The van der Waals surface area contributed by atoms with Crippen molar-refractivity contribution in [2.75, 3.05) is 7.11 Å². The second-order valence-electron chi connectivity index (χ2n) is 3.13. The van der Waals surface area contributed by atoms with E-state index in [4.69, 9.17) is 9.84 Å². The van der Waals surface area contributed by atoms with Crippen LogP contribution in [0.1, 0.15) is 10.5 Å². The summed E-state index contributed by atoms with van der Waals surface area (Å²) >= 11 is 0. The molecule has 0 aliphatic heterocycles. The summed E-state index contributed by atoms with van der Waals surface area (Å²) in [7, 11) is 3.24. The number of rotatable bonds is 2. The lowest BCUT2D eigenvalue weighted by atomic mass is 10.2. The number of aromatic nitrogens is 2. The average Bonchev–Trinajstić information content (AvgIpc) is 2.56. The van der Waals surface area contributed by atoms with Crippen molar-refractivity contribution in [3.8, 4) is 5.75 Å². The van der Waals surface area contributed by atoms with E-state index in [-0.39, 0.29) is 5.69 Å². The second-order valence-corrected chi connectivity index (χ2v) is 3.13. The topological polar surface area (TPSA) is 64.3 Å². The van der Waals surface area contributed by atoms with Gasteiger partial charge >= 0.3 is 5.97 Å². The number of hydrogen-bond donors (Lipinski definition) is 1. The summed E-state index contributed by atoms with van der Waals surface area (Å²) in [6.07, 6.45) is 0. The van der Waals surface area contributed by atoms with Gasteiger partial charge in [-0.05, 0) is 6.07 Å². The van der Waals surface area contributed by atoms with E-state index in [2.05, 4.69) is 5.10 Å². The third-order valence-electron chi connectivity index (χ3n) is 2.25. The maximum absolute atomic E-state index is 10.9. The summed E-state index contributed by atoms with van der Waals surface area (Å²) in [6.45, 7) is 0. The molecule has 0 saturated heterocycles. The number of para-hydroxylation sites is 1. The zero-order valence-corrected chi connectivity index (χ0v) is 8.39. The molecule has 1 aromatic carbocycles. The molecule has 2 aromatic rings. The molecule has 1 N–H and O–H groups in total. The van der Waals surface area contributed by atoms with Crippen LogP contribution in [0.3, 0.4) is 0 Å². The first-order valence-electron chi connectivity index (χ1n) is 4.38. The fourth-order valence-corrected chi connectivity index (χ4v) is 1.62. The molecule has 5 nitrogen and oxygen atoms in total. The minimum atomic E-state index is -1.03. The highest BCUT2D eigenvalue weighted by atomic mass is 16.5. The molecule has 15 heavy (non-hydrogen) atoms. The molecule has 5 heteroatoms. The highest BCUT2D eigenvalue weighted by Gasteiger charge is 2.16. The van der Waals surface area contributed by atoms with Gasteiger partial charge in [0.1, 0.15) is 11.3 Å². The zero-order chi connectivity index (χ0) is 11.0. The van der Waals surface area contributed by atoms with E-state index in [1.807, 2.05) is 0 Å². The van der Waals surface area contributed by atoms with Gasteiger partial charge in [-0.2, -0.15) is 5.10 Å². The zero-order valence-electron chi connectivity index (χ0n) is 8.39. The summed E-state index contributed by atoms with van der Waals surface area (Å²) in [4.78, 5) is 10.9. The Hall–Kier alpha value is -2.04. The maximum atomic E-state index is 10.9. The van der Waals surface area contributed by atoms with Crippen LogP contribution in [-0.2, 0) is 7.05 Å². The van der Waals surface area contributed by atoms with Crippen LogP contribution in [0.4, 0.5) is 0 Å². The Labute approximate surface area is 85.9 Å². The molecular formula is C10H10N2O3. The Bertz CT molecular complexity index is 531. The fraction of sp³-hybridized carbons (Fsp3) is 0.200. The number of carboxylic acids is 1. The van der Waals surface area contributed by atoms with Crippen LogP contribution in [-0.4, -0.2) is 28.0 Å². The number of fused-ring (bicyclic) bond motifs is 1. The van der Waals surface area contributed by atoms with Gasteiger partial charge in [0, 0.05) is 12.4 Å². The molecular weight excluding hydrogens is 196 g/mol. The van der Waals surface area contributed by atoms with Crippen LogP contribution in [0.2, 0.25) is 0 Å². The van der Waals surface area contributed by atoms with E-state index in [0.29, 0.717) is 16.7 Å². The van der Waals surface area contributed by atoms with E-state index in [0.717, 1.165) is 0 Å². The molecule has 0 amide bonds. The van der Waals surface area contributed by atoms with Crippen molar-refractivity contribution < 1.29 is 14.6 Å². The van der Waals surface area contributed by atoms with Crippen molar-refractivity contribution in [2.24, 2.45) is 7.05 Å². The van der Waals surface area contributed by atoms with Gasteiger partial charge < -0.3 is 9.84 Å². The van der Waals surface area contributed by atoms with Gasteiger partial charge in [-0.1, -0.05) is 12.1 Å². The Balaban J connectivity index is 2.85. The number of ether oxygens (including phenoxy) is 1. The molecule has 0 spiro atoms. The Kier molecular flexibility index (Phi) is 2.07. The number of benzene rings is 1. The number of hydrogen-bond acceptors (Lipinski definition) is 3. The highest BCUT2D eigenvalue weighted by Crippen LogP contribution is 2.27. The van der Waals surface area contributed by atoms with Gasteiger partial charge in [0.05, 0.1) is 7.11 Å². The largest absolute Gasteiger partial charge is 0.494 e. The van der Waals surface area contributed by atoms with E-state index in [9.17, 15) is 4.79 Å². The lowest BCUT2D eigenvalue weighted by Crippen LogP contribution is -1.99. The Morgan fingerprint density at radius 3 is 2.87 bits per heavy atom. The number of aryl methyl sites for hydroxylation is 1. The predicted octanol–water partition coefficient (Wildman–Crippen LogP) is 1.28. The first kappa shape index (κ1) is 9.51. The average molecular weight is 206 g/mol. The number of nitrogens with zero attached hydrogens (tertiary/aromatic N) is 2. The molecule has 1 heterocycles. The normalized spacial score (nSPS) is 10.5. The molecule has 0 fully saturated rings. The maximum Gasteiger partial charge on any atom is 0.357 e. The molecule has 0 atom stereocenters. The smallest absolute Gasteiger partial charge is 0.357 e. The molecule has 1 aromatic heterocycles. The van der Waals surface area contributed by atoms with E-state index in [1.165, 1.54) is 4.68 Å². The lowest BCUT2D eigenvalue weighted by Gasteiger charge is -2.02. The molecule has 0 unspecified atom stereocenters. The summed E-state index contributed by atoms with van der Waals surface area (Å²) in [5.41, 5.74) is 0.740. The van der Waals surface area contributed by atoms with Crippen LogP contribution >= 0.6 is 0 Å². The van der Waals surface area contributed by atoms with Crippen LogP contribution in [0.15, 0.2) is 18.2 Å². The van der Waals surface area contributed by atoms with Gasteiger partial charge in [0.15, 0.2) is 5.69 Å². The monoisotopic (exact) mass is 206 g/mol. The van der Waals surface area contributed by atoms with Crippen LogP contribution < -0.4 is 4.74 Å². The van der Waals surface area contributed by atoms with Crippen molar-refractivity contribution in [3.63, 3.8) is 0 Å². The lowest BCUT2D eigenvalue weighted by molar-refractivity contribution is 0.0691. The first-order chi connectivity index (χ1) is 7.15.